The average molecular weight is 336 g/mol. The average Bonchev–Trinajstić information content (AvgIpc) is 3.03. The Morgan fingerprint density at radius 2 is 1.92 bits per heavy atom. The lowest BCUT2D eigenvalue weighted by atomic mass is 10.0. The van der Waals surface area contributed by atoms with Crippen LogP contribution in [0.2, 0.25) is 0 Å². The van der Waals surface area contributed by atoms with Crippen LogP contribution in [0.3, 0.4) is 0 Å². The van der Waals surface area contributed by atoms with E-state index in [0.717, 1.165) is 36.6 Å². The zero-order valence-electron chi connectivity index (χ0n) is 14.5. The molecule has 3 rings (SSSR count). The third-order valence-corrected chi connectivity index (χ3v) is 4.25. The van der Waals surface area contributed by atoms with Crippen molar-refractivity contribution in [3.8, 4) is 5.69 Å². The highest BCUT2D eigenvalue weighted by Crippen LogP contribution is 2.12. The molecule has 25 heavy (non-hydrogen) atoms. The van der Waals surface area contributed by atoms with Crippen molar-refractivity contribution >= 4 is 0 Å². The fourth-order valence-electron chi connectivity index (χ4n) is 2.81. The Hall–Kier alpha value is -2.50. The maximum atomic E-state index is 9.61. The lowest BCUT2D eigenvalue weighted by Crippen LogP contribution is -2.26. The number of para-hydroxylation sites is 1. The first-order valence-corrected chi connectivity index (χ1v) is 8.58. The molecule has 0 fully saturated rings. The number of rotatable bonds is 8. The standard InChI is InChI=1S/C20H24N4O/c1-16-18(14-24(23-16)20-8-3-2-4-9-20)13-21-12-17(15-25)11-19-7-5-6-10-22-19/h2-10,14,17,21,25H,11-13,15H2,1H3. The molecule has 0 aliphatic heterocycles. The fraction of sp³-hybridized carbons (Fsp3) is 0.300. The number of aromatic nitrogens is 3. The summed E-state index contributed by atoms with van der Waals surface area (Å²) in [5.74, 6) is 0.152. The Labute approximate surface area is 148 Å². The number of aliphatic hydroxyl groups is 1. The highest BCUT2D eigenvalue weighted by atomic mass is 16.3. The van der Waals surface area contributed by atoms with Gasteiger partial charge < -0.3 is 10.4 Å². The predicted molar refractivity (Wildman–Crippen MR) is 98.5 cm³/mol. The number of hydrogen-bond acceptors (Lipinski definition) is 4. The summed E-state index contributed by atoms with van der Waals surface area (Å²) < 4.78 is 1.91. The van der Waals surface area contributed by atoms with E-state index in [1.54, 1.807) is 6.20 Å². The van der Waals surface area contributed by atoms with E-state index >= 15 is 0 Å². The van der Waals surface area contributed by atoms with Gasteiger partial charge in [0.1, 0.15) is 0 Å². The Kier molecular flexibility index (Phi) is 5.93. The number of nitrogens with zero attached hydrogens (tertiary/aromatic N) is 3. The summed E-state index contributed by atoms with van der Waals surface area (Å²) in [4.78, 5) is 4.33. The van der Waals surface area contributed by atoms with E-state index < -0.39 is 0 Å². The van der Waals surface area contributed by atoms with Gasteiger partial charge in [-0.1, -0.05) is 24.3 Å². The van der Waals surface area contributed by atoms with E-state index in [4.69, 9.17) is 0 Å². The van der Waals surface area contributed by atoms with Crippen molar-refractivity contribution in [2.24, 2.45) is 5.92 Å². The SMILES string of the molecule is Cc1nn(-c2ccccc2)cc1CNCC(CO)Cc1ccccn1. The quantitative estimate of drug-likeness (QED) is 0.663. The normalized spacial score (nSPS) is 12.2. The number of aryl methyl sites for hydroxylation is 1. The molecule has 1 unspecified atom stereocenters. The van der Waals surface area contributed by atoms with Crippen LogP contribution in [-0.2, 0) is 13.0 Å². The second-order valence-electron chi connectivity index (χ2n) is 6.22. The summed E-state index contributed by atoms with van der Waals surface area (Å²) in [6.45, 7) is 3.64. The van der Waals surface area contributed by atoms with Crippen molar-refractivity contribution in [1.82, 2.24) is 20.1 Å². The van der Waals surface area contributed by atoms with E-state index in [0.29, 0.717) is 0 Å². The second kappa shape index (κ2) is 8.55. The first kappa shape index (κ1) is 17.3. The van der Waals surface area contributed by atoms with E-state index in [1.807, 2.05) is 60.1 Å². The molecule has 0 saturated heterocycles. The molecular weight excluding hydrogens is 312 g/mol. The zero-order chi connectivity index (χ0) is 17.5. The minimum Gasteiger partial charge on any atom is -0.396 e. The molecule has 0 bridgehead atoms. The lowest BCUT2D eigenvalue weighted by Gasteiger charge is -2.14. The van der Waals surface area contributed by atoms with Gasteiger partial charge in [0.15, 0.2) is 0 Å². The molecule has 2 aromatic heterocycles. The molecule has 2 N–H and O–H groups in total. The highest BCUT2D eigenvalue weighted by molar-refractivity contribution is 5.32. The number of nitrogens with one attached hydrogen (secondary N) is 1. The Morgan fingerprint density at radius 1 is 1.12 bits per heavy atom. The Balaban J connectivity index is 1.55. The molecule has 0 amide bonds. The van der Waals surface area contributed by atoms with Crippen molar-refractivity contribution < 1.29 is 5.11 Å². The van der Waals surface area contributed by atoms with E-state index in [2.05, 4.69) is 21.6 Å². The van der Waals surface area contributed by atoms with Crippen LogP contribution < -0.4 is 5.32 Å². The Bertz CT molecular complexity index is 771. The summed E-state index contributed by atoms with van der Waals surface area (Å²) >= 11 is 0. The number of benzene rings is 1. The van der Waals surface area contributed by atoms with Gasteiger partial charge in [0, 0.05) is 43.3 Å². The molecule has 0 aliphatic rings. The molecule has 0 spiro atoms. The van der Waals surface area contributed by atoms with Crippen LogP contribution in [0.4, 0.5) is 0 Å². The van der Waals surface area contributed by atoms with Crippen LogP contribution in [0.15, 0.2) is 60.9 Å². The van der Waals surface area contributed by atoms with Gasteiger partial charge in [-0.2, -0.15) is 5.10 Å². The van der Waals surface area contributed by atoms with Gasteiger partial charge in [0.2, 0.25) is 0 Å². The summed E-state index contributed by atoms with van der Waals surface area (Å²) in [7, 11) is 0. The summed E-state index contributed by atoms with van der Waals surface area (Å²) in [5, 5.41) is 17.6. The van der Waals surface area contributed by atoms with Crippen molar-refractivity contribution in [3.63, 3.8) is 0 Å². The molecule has 5 nitrogen and oxygen atoms in total. The number of aliphatic hydroxyl groups excluding tert-OH is 1. The maximum Gasteiger partial charge on any atom is 0.0645 e. The van der Waals surface area contributed by atoms with Crippen LogP contribution in [0.1, 0.15) is 17.0 Å². The largest absolute Gasteiger partial charge is 0.396 e. The van der Waals surface area contributed by atoms with Crippen LogP contribution in [0, 0.1) is 12.8 Å². The predicted octanol–water partition coefficient (Wildman–Crippen LogP) is 2.52. The van der Waals surface area contributed by atoms with Crippen LogP contribution in [0.5, 0.6) is 0 Å². The molecule has 3 aromatic rings. The van der Waals surface area contributed by atoms with E-state index in [9.17, 15) is 5.11 Å². The minimum absolute atomic E-state index is 0.145. The molecule has 130 valence electrons. The number of pyridine rings is 1. The smallest absolute Gasteiger partial charge is 0.0645 e. The molecule has 5 heteroatoms. The number of hydrogen-bond donors (Lipinski definition) is 2. The van der Waals surface area contributed by atoms with E-state index in [-0.39, 0.29) is 12.5 Å². The molecule has 1 aromatic carbocycles. The van der Waals surface area contributed by atoms with Crippen molar-refractivity contribution in [1.29, 1.82) is 0 Å². The first-order chi connectivity index (χ1) is 12.3. The lowest BCUT2D eigenvalue weighted by molar-refractivity contribution is 0.220. The first-order valence-electron chi connectivity index (χ1n) is 8.58. The molecule has 0 radical (unpaired) electrons. The van der Waals surface area contributed by atoms with Gasteiger partial charge in [-0.3, -0.25) is 4.98 Å². The van der Waals surface area contributed by atoms with Gasteiger partial charge >= 0.3 is 0 Å². The van der Waals surface area contributed by atoms with Gasteiger partial charge in [-0.15, -0.1) is 0 Å². The topological polar surface area (TPSA) is 63.0 Å². The van der Waals surface area contributed by atoms with Crippen molar-refractivity contribution in [2.45, 2.75) is 19.9 Å². The maximum absolute atomic E-state index is 9.61. The highest BCUT2D eigenvalue weighted by Gasteiger charge is 2.11. The molecule has 1 atom stereocenters. The Morgan fingerprint density at radius 3 is 2.64 bits per heavy atom. The van der Waals surface area contributed by atoms with Crippen LogP contribution in [0.25, 0.3) is 5.69 Å². The van der Waals surface area contributed by atoms with Gasteiger partial charge in [0.05, 0.1) is 11.4 Å². The van der Waals surface area contributed by atoms with Crippen LogP contribution in [-0.4, -0.2) is 33.0 Å². The third kappa shape index (κ3) is 4.75. The zero-order valence-corrected chi connectivity index (χ0v) is 14.5. The fourth-order valence-corrected chi connectivity index (χ4v) is 2.81. The van der Waals surface area contributed by atoms with Gasteiger partial charge in [0.25, 0.3) is 0 Å². The molecule has 0 saturated carbocycles. The summed E-state index contributed by atoms with van der Waals surface area (Å²) in [6, 6.07) is 16.0. The van der Waals surface area contributed by atoms with Crippen molar-refractivity contribution in [3.05, 3.63) is 77.9 Å². The third-order valence-electron chi connectivity index (χ3n) is 4.25. The minimum atomic E-state index is 0.145. The monoisotopic (exact) mass is 336 g/mol. The summed E-state index contributed by atoms with van der Waals surface area (Å²) in [5.41, 5.74) is 4.25. The van der Waals surface area contributed by atoms with Gasteiger partial charge in [-0.25, -0.2) is 4.68 Å². The molecular formula is C20H24N4O. The van der Waals surface area contributed by atoms with Gasteiger partial charge in [-0.05, 0) is 43.5 Å². The van der Waals surface area contributed by atoms with Crippen LogP contribution >= 0.6 is 0 Å². The second-order valence-corrected chi connectivity index (χ2v) is 6.22. The molecule has 0 aliphatic carbocycles. The van der Waals surface area contributed by atoms with E-state index in [1.165, 1.54) is 5.56 Å². The molecule has 2 heterocycles. The van der Waals surface area contributed by atoms with Crippen molar-refractivity contribution in [2.75, 3.05) is 13.2 Å². The summed E-state index contributed by atoms with van der Waals surface area (Å²) in [6.07, 6.45) is 4.62.